The molecule has 0 atom stereocenters. The van der Waals surface area contributed by atoms with E-state index in [0.29, 0.717) is 26.0 Å². The Kier molecular flexibility index (Phi) is 7.30. The number of hydroxylamine groups is 2. The zero-order valence-corrected chi connectivity index (χ0v) is 11.1. The van der Waals surface area contributed by atoms with E-state index in [9.17, 15) is 4.79 Å². The molecular formula is C13H23NO3. The molecule has 4 heteroatoms. The maximum Gasteiger partial charge on any atom is 0.434 e. The Hall–Kier alpha value is -1.29. The number of rotatable bonds is 7. The van der Waals surface area contributed by atoms with Gasteiger partial charge in [-0.25, -0.2) is 4.79 Å². The Morgan fingerprint density at radius 3 is 2.29 bits per heavy atom. The molecule has 0 bridgehead atoms. The minimum absolute atomic E-state index is 0.417. The zero-order chi connectivity index (χ0) is 13.3. The van der Waals surface area contributed by atoms with Crippen molar-refractivity contribution in [2.45, 2.75) is 39.2 Å². The van der Waals surface area contributed by atoms with Gasteiger partial charge >= 0.3 is 6.09 Å². The molecule has 0 rings (SSSR count). The van der Waals surface area contributed by atoms with Crippen LogP contribution in [0.5, 0.6) is 0 Å². The van der Waals surface area contributed by atoms with Crippen LogP contribution in [-0.2, 0) is 9.57 Å². The predicted molar refractivity (Wildman–Crippen MR) is 68.5 cm³/mol. The van der Waals surface area contributed by atoms with Gasteiger partial charge in [-0.3, -0.25) is 4.84 Å². The number of carbonyl (C=O) groups is 1. The summed E-state index contributed by atoms with van der Waals surface area (Å²) in [5, 5.41) is 1.23. The number of amides is 1. The zero-order valence-electron chi connectivity index (χ0n) is 11.1. The minimum atomic E-state index is -0.523. The highest BCUT2D eigenvalue weighted by atomic mass is 16.7. The van der Waals surface area contributed by atoms with Crippen molar-refractivity contribution in [1.82, 2.24) is 5.06 Å². The van der Waals surface area contributed by atoms with E-state index in [0.717, 1.165) is 0 Å². The maximum absolute atomic E-state index is 11.8. The van der Waals surface area contributed by atoms with Gasteiger partial charge in [-0.1, -0.05) is 12.2 Å². The van der Waals surface area contributed by atoms with E-state index in [1.165, 1.54) is 5.06 Å². The molecule has 0 aromatic rings. The van der Waals surface area contributed by atoms with E-state index in [1.807, 2.05) is 20.8 Å². The maximum atomic E-state index is 11.8. The molecule has 0 spiro atoms. The monoisotopic (exact) mass is 241 g/mol. The van der Waals surface area contributed by atoms with Crippen LogP contribution in [0.2, 0.25) is 0 Å². The van der Waals surface area contributed by atoms with Gasteiger partial charge in [0, 0.05) is 0 Å². The van der Waals surface area contributed by atoms with Gasteiger partial charge in [0.05, 0.1) is 13.2 Å². The lowest BCUT2D eigenvalue weighted by Crippen LogP contribution is -2.37. The van der Waals surface area contributed by atoms with E-state index in [2.05, 4.69) is 13.2 Å². The molecular weight excluding hydrogens is 218 g/mol. The van der Waals surface area contributed by atoms with Crippen LogP contribution >= 0.6 is 0 Å². The lowest BCUT2D eigenvalue weighted by molar-refractivity contribution is -0.145. The minimum Gasteiger partial charge on any atom is -0.442 e. The number of hydrogen-bond donors (Lipinski definition) is 0. The first-order valence-corrected chi connectivity index (χ1v) is 5.76. The number of ether oxygens (including phenoxy) is 1. The molecule has 0 N–H and O–H groups in total. The van der Waals surface area contributed by atoms with Crippen molar-refractivity contribution < 1.29 is 14.4 Å². The van der Waals surface area contributed by atoms with E-state index in [1.54, 1.807) is 12.2 Å². The molecule has 0 aromatic heterocycles. The van der Waals surface area contributed by atoms with Crippen LogP contribution in [0.25, 0.3) is 0 Å². The Balaban J connectivity index is 4.28. The third-order valence-electron chi connectivity index (χ3n) is 1.70. The van der Waals surface area contributed by atoms with Crippen molar-refractivity contribution in [3.05, 3.63) is 25.3 Å². The number of hydrogen-bond acceptors (Lipinski definition) is 3. The van der Waals surface area contributed by atoms with Crippen LogP contribution < -0.4 is 0 Å². The summed E-state index contributed by atoms with van der Waals surface area (Å²) >= 11 is 0. The standard InChI is InChI=1S/C13H23NO3/c1-6-8-10-14(16-11-9-7-2)12(15)17-13(3,4)5/h6-7H,1-2,8-11H2,3-5H3. The van der Waals surface area contributed by atoms with Crippen LogP contribution in [0.4, 0.5) is 4.79 Å². The Bertz CT molecular complexity index is 256. The van der Waals surface area contributed by atoms with E-state index in [-0.39, 0.29) is 0 Å². The molecule has 17 heavy (non-hydrogen) atoms. The van der Waals surface area contributed by atoms with Crippen molar-refractivity contribution in [3.63, 3.8) is 0 Å². The average Bonchev–Trinajstić information content (AvgIpc) is 2.20. The third-order valence-corrected chi connectivity index (χ3v) is 1.70. The summed E-state index contributed by atoms with van der Waals surface area (Å²) < 4.78 is 5.23. The summed E-state index contributed by atoms with van der Waals surface area (Å²) in [5.41, 5.74) is -0.523. The van der Waals surface area contributed by atoms with Gasteiger partial charge in [-0.2, -0.15) is 5.06 Å². The van der Waals surface area contributed by atoms with Gasteiger partial charge in [0.15, 0.2) is 0 Å². The topological polar surface area (TPSA) is 38.8 Å². The van der Waals surface area contributed by atoms with Crippen molar-refractivity contribution in [2.24, 2.45) is 0 Å². The second-order valence-corrected chi connectivity index (χ2v) is 4.57. The largest absolute Gasteiger partial charge is 0.442 e. The molecule has 1 amide bonds. The molecule has 0 saturated carbocycles. The molecule has 0 radical (unpaired) electrons. The first kappa shape index (κ1) is 15.7. The molecule has 4 nitrogen and oxygen atoms in total. The molecule has 98 valence electrons. The molecule has 0 heterocycles. The van der Waals surface area contributed by atoms with Crippen molar-refractivity contribution in [3.8, 4) is 0 Å². The summed E-state index contributed by atoms with van der Waals surface area (Å²) in [4.78, 5) is 17.1. The quantitative estimate of drug-likeness (QED) is 0.390. The Labute approximate surface area is 104 Å². The Morgan fingerprint density at radius 1 is 1.24 bits per heavy atom. The fourth-order valence-electron chi connectivity index (χ4n) is 0.976. The lowest BCUT2D eigenvalue weighted by atomic mass is 10.2. The number of nitrogens with zero attached hydrogens (tertiary/aromatic N) is 1. The summed E-state index contributed by atoms with van der Waals surface area (Å²) in [6, 6.07) is 0. The molecule has 0 fully saturated rings. The second-order valence-electron chi connectivity index (χ2n) is 4.57. The fraction of sp³-hybridized carbons (Fsp3) is 0.615. The highest BCUT2D eigenvalue weighted by molar-refractivity contribution is 5.66. The van der Waals surface area contributed by atoms with E-state index < -0.39 is 11.7 Å². The summed E-state index contributed by atoms with van der Waals surface area (Å²) in [6.45, 7) is 13.5. The van der Waals surface area contributed by atoms with Gasteiger partial charge in [0.1, 0.15) is 5.60 Å². The molecule has 0 saturated heterocycles. The second kappa shape index (κ2) is 7.90. The average molecular weight is 241 g/mol. The van der Waals surface area contributed by atoms with Gasteiger partial charge in [-0.05, 0) is 33.6 Å². The van der Waals surface area contributed by atoms with Crippen molar-refractivity contribution in [2.75, 3.05) is 13.2 Å². The highest BCUT2D eigenvalue weighted by Gasteiger charge is 2.22. The summed E-state index contributed by atoms with van der Waals surface area (Å²) in [5.74, 6) is 0. The van der Waals surface area contributed by atoms with Crippen LogP contribution in [0.3, 0.4) is 0 Å². The normalized spacial score (nSPS) is 10.8. The van der Waals surface area contributed by atoms with Gasteiger partial charge < -0.3 is 4.74 Å². The first-order chi connectivity index (χ1) is 7.90. The van der Waals surface area contributed by atoms with Crippen molar-refractivity contribution >= 4 is 6.09 Å². The van der Waals surface area contributed by atoms with E-state index >= 15 is 0 Å². The molecule has 0 aliphatic heterocycles. The van der Waals surface area contributed by atoms with Crippen LogP contribution in [-0.4, -0.2) is 29.9 Å². The van der Waals surface area contributed by atoms with Crippen LogP contribution in [0.15, 0.2) is 25.3 Å². The molecule has 0 aliphatic rings. The molecule has 0 unspecified atom stereocenters. The smallest absolute Gasteiger partial charge is 0.434 e. The molecule has 0 aromatic carbocycles. The van der Waals surface area contributed by atoms with Gasteiger partial charge in [0.25, 0.3) is 0 Å². The van der Waals surface area contributed by atoms with Gasteiger partial charge in [-0.15, -0.1) is 13.2 Å². The molecule has 0 aliphatic carbocycles. The van der Waals surface area contributed by atoms with E-state index in [4.69, 9.17) is 9.57 Å². The summed E-state index contributed by atoms with van der Waals surface area (Å²) in [6.07, 6.45) is 4.35. The third kappa shape index (κ3) is 8.51. The number of carbonyl (C=O) groups excluding carboxylic acids is 1. The first-order valence-electron chi connectivity index (χ1n) is 5.76. The van der Waals surface area contributed by atoms with Gasteiger partial charge in [0.2, 0.25) is 0 Å². The predicted octanol–water partition coefficient (Wildman–Crippen LogP) is 3.31. The SMILES string of the molecule is C=CCCON(CCC=C)C(=O)OC(C)(C)C. The Morgan fingerprint density at radius 2 is 1.82 bits per heavy atom. The van der Waals surface area contributed by atoms with Crippen LogP contribution in [0.1, 0.15) is 33.6 Å². The van der Waals surface area contributed by atoms with Crippen LogP contribution in [0, 0.1) is 0 Å². The highest BCUT2D eigenvalue weighted by Crippen LogP contribution is 2.10. The van der Waals surface area contributed by atoms with Crippen molar-refractivity contribution in [1.29, 1.82) is 0 Å². The summed E-state index contributed by atoms with van der Waals surface area (Å²) in [7, 11) is 0. The fourth-order valence-corrected chi connectivity index (χ4v) is 0.976. The lowest BCUT2D eigenvalue weighted by Gasteiger charge is -2.26.